The molecule has 0 atom stereocenters. The second kappa shape index (κ2) is 6.18. The summed E-state index contributed by atoms with van der Waals surface area (Å²) in [7, 11) is 0. The zero-order chi connectivity index (χ0) is 13.7. The number of hydrogen-bond acceptors (Lipinski definition) is 5. The van der Waals surface area contributed by atoms with E-state index >= 15 is 0 Å². The average molecular weight is 275 g/mol. The number of nitrogens with two attached hydrogens (primary N) is 1. The van der Waals surface area contributed by atoms with Gasteiger partial charge in [-0.2, -0.15) is 0 Å². The molecule has 6 heteroatoms. The van der Waals surface area contributed by atoms with Gasteiger partial charge in [0.2, 0.25) is 0 Å². The van der Waals surface area contributed by atoms with E-state index in [9.17, 15) is 4.79 Å². The van der Waals surface area contributed by atoms with Crippen LogP contribution in [0.15, 0.2) is 22.9 Å². The van der Waals surface area contributed by atoms with Gasteiger partial charge in [-0.3, -0.25) is 4.79 Å². The topological polar surface area (TPSA) is 81.2 Å². The van der Waals surface area contributed by atoms with Gasteiger partial charge in [-0.05, 0) is 18.6 Å². The molecule has 0 aliphatic rings. The highest BCUT2D eigenvalue weighted by molar-refractivity contribution is 7.14. The molecule has 0 saturated carbocycles. The van der Waals surface area contributed by atoms with E-state index in [0.29, 0.717) is 23.7 Å². The van der Waals surface area contributed by atoms with Crippen LogP contribution in [0.3, 0.4) is 0 Å². The Balaban J connectivity index is 2.03. The highest BCUT2D eigenvalue weighted by Gasteiger charge is 2.11. The maximum absolute atomic E-state index is 11.9. The molecule has 19 heavy (non-hydrogen) atoms. The lowest BCUT2D eigenvalue weighted by molar-refractivity contribution is 0.0954. The van der Waals surface area contributed by atoms with E-state index in [0.717, 1.165) is 10.4 Å². The van der Waals surface area contributed by atoms with Gasteiger partial charge < -0.3 is 15.6 Å². The van der Waals surface area contributed by atoms with Crippen molar-refractivity contribution >= 4 is 17.2 Å². The van der Waals surface area contributed by atoms with Gasteiger partial charge in [0, 0.05) is 6.07 Å². The average Bonchev–Trinajstić information content (AvgIpc) is 3.03. The molecule has 0 saturated heterocycles. The van der Waals surface area contributed by atoms with Crippen LogP contribution in [-0.4, -0.2) is 17.6 Å². The number of carbonyl (C=O) groups is 1. The van der Waals surface area contributed by atoms with Crippen LogP contribution in [0.25, 0.3) is 0 Å². The lowest BCUT2D eigenvalue weighted by Gasteiger charge is -1.99. The number of amides is 1. The van der Waals surface area contributed by atoms with Crippen LogP contribution in [0.2, 0.25) is 0 Å². The first-order chi connectivity index (χ1) is 9.20. The van der Waals surface area contributed by atoms with Crippen LogP contribution in [-0.2, 0) is 6.54 Å². The first-order valence-electron chi connectivity index (χ1n) is 5.67. The van der Waals surface area contributed by atoms with Crippen LogP contribution in [0.4, 0.5) is 0 Å². The molecule has 0 fully saturated rings. The molecule has 2 rings (SSSR count). The normalized spacial score (nSPS) is 9.79. The van der Waals surface area contributed by atoms with Gasteiger partial charge in [0.25, 0.3) is 5.91 Å². The third-order valence-corrected chi connectivity index (χ3v) is 3.52. The van der Waals surface area contributed by atoms with Crippen molar-refractivity contribution < 1.29 is 9.32 Å². The summed E-state index contributed by atoms with van der Waals surface area (Å²) >= 11 is 1.36. The van der Waals surface area contributed by atoms with E-state index in [2.05, 4.69) is 22.3 Å². The van der Waals surface area contributed by atoms with Gasteiger partial charge in [0.15, 0.2) is 0 Å². The van der Waals surface area contributed by atoms with Crippen molar-refractivity contribution in [3.63, 3.8) is 0 Å². The Kier molecular flexibility index (Phi) is 4.34. The first-order valence-corrected chi connectivity index (χ1v) is 6.49. The molecular weight excluding hydrogens is 262 g/mol. The molecule has 3 N–H and O–H groups in total. The summed E-state index contributed by atoms with van der Waals surface area (Å²) in [6.45, 7) is 2.58. The summed E-state index contributed by atoms with van der Waals surface area (Å²) in [5.41, 5.74) is 7.00. The summed E-state index contributed by atoms with van der Waals surface area (Å²) in [6.07, 6.45) is 1.47. The van der Waals surface area contributed by atoms with E-state index in [1.807, 2.05) is 13.0 Å². The quantitative estimate of drug-likeness (QED) is 0.827. The maximum atomic E-state index is 11.9. The molecule has 0 aliphatic heterocycles. The second-order valence-electron chi connectivity index (χ2n) is 3.80. The molecule has 0 aromatic carbocycles. The summed E-state index contributed by atoms with van der Waals surface area (Å²) in [5, 5.41) is 6.50. The number of carbonyl (C=O) groups excluding carboxylic acids is 1. The van der Waals surface area contributed by atoms with Crippen LogP contribution in [0.5, 0.6) is 0 Å². The monoisotopic (exact) mass is 275 g/mol. The van der Waals surface area contributed by atoms with Gasteiger partial charge >= 0.3 is 0 Å². The fourth-order valence-electron chi connectivity index (χ4n) is 1.44. The molecule has 0 aliphatic carbocycles. The van der Waals surface area contributed by atoms with Crippen LogP contribution < -0.4 is 11.1 Å². The van der Waals surface area contributed by atoms with Gasteiger partial charge in [0.1, 0.15) is 12.0 Å². The maximum Gasteiger partial charge on any atom is 0.261 e. The third-order valence-electron chi connectivity index (χ3n) is 2.37. The van der Waals surface area contributed by atoms with Crippen molar-refractivity contribution in [3.8, 4) is 11.8 Å². The zero-order valence-corrected chi connectivity index (χ0v) is 11.2. The molecule has 2 heterocycles. The smallest absolute Gasteiger partial charge is 0.261 e. The minimum atomic E-state index is -0.142. The minimum Gasteiger partial charge on any atom is -0.364 e. The Labute approximate surface area is 114 Å². The highest BCUT2D eigenvalue weighted by atomic mass is 32.1. The number of nitrogens with one attached hydrogen (secondary N) is 1. The highest BCUT2D eigenvalue weighted by Crippen LogP contribution is 2.20. The number of thiophene rings is 1. The first kappa shape index (κ1) is 13.3. The number of aromatic nitrogens is 1. The van der Waals surface area contributed by atoms with E-state index in [4.69, 9.17) is 10.3 Å². The lowest BCUT2D eigenvalue weighted by Crippen LogP contribution is -2.21. The Morgan fingerprint density at radius 3 is 3.16 bits per heavy atom. The van der Waals surface area contributed by atoms with E-state index in [1.54, 1.807) is 6.07 Å². The lowest BCUT2D eigenvalue weighted by atomic mass is 10.2. The Hall–Kier alpha value is -2.10. The number of aryl methyl sites for hydroxylation is 1. The standard InChI is InChI=1S/C13H13N3O2S/c1-9-7-12(19-11(9)3-2-5-14)13(17)15-8-10-4-6-18-16-10/h4,6-7H,5,8,14H2,1H3,(H,15,17). The molecule has 98 valence electrons. The molecule has 0 spiro atoms. The Morgan fingerprint density at radius 1 is 1.63 bits per heavy atom. The van der Waals surface area contributed by atoms with Crippen LogP contribution in [0.1, 0.15) is 25.8 Å². The Morgan fingerprint density at radius 2 is 2.47 bits per heavy atom. The van der Waals surface area contributed by atoms with Crippen molar-refractivity contribution in [1.82, 2.24) is 10.5 Å². The molecule has 5 nitrogen and oxygen atoms in total. The predicted octanol–water partition coefficient (Wildman–Crippen LogP) is 1.28. The molecular formula is C13H13N3O2S. The van der Waals surface area contributed by atoms with Crippen molar-refractivity contribution in [3.05, 3.63) is 39.4 Å². The van der Waals surface area contributed by atoms with Gasteiger partial charge in [-0.15, -0.1) is 11.3 Å². The summed E-state index contributed by atoms with van der Waals surface area (Å²) in [4.78, 5) is 13.4. The summed E-state index contributed by atoms with van der Waals surface area (Å²) in [6, 6.07) is 3.53. The fraction of sp³-hybridized carbons (Fsp3) is 0.231. The minimum absolute atomic E-state index is 0.142. The van der Waals surface area contributed by atoms with Gasteiger partial charge in [-0.25, -0.2) is 0 Å². The van der Waals surface area contributed by atoms with Crippen molar-refractivity contribution in [2.24, 2.45) is 5.73 Å². The summed E-state index contributed by atoms with van der Waals surface area (Å²) in [5.74, 6) is 5.60. The van der Waals surface area contributed by atoms with E-state index in [-0.39, 0.29) is 5.91 Å². The second-order valence-corrected chi connectivity index (χ2v) is 4.85. The van der Waals surface area contributed by atoms with Gasteiger partial charge in [-0.1, -0.05) is 17.0 Å². The molecule has 0 bridgehead atoms. The molecule has 0 unspecified atom stereocenters. The molecule has 1 amide bonds. The van der Waals surface area contributed by atoms with Crippen molar-refractivity contribution in [2.45, 2.75) is 13.5 Å². The van der Waals surface area contributed by atoms with Crippen molar-refractivity contribution in [1.29, 1.82) is 0 Å². The largest absolute Gasteiger partial charge is 0.364 e. The number of nitrogens with zero attached hydrogens (tertiary/aromatic N) is 1. The van der Waals surface area contributed by atoms with Crippen LogP contribution >= 0.6 is 11.3 Å². The van der Waals surface area contributed by atoms with E-state index in [1.165, 1.54) is 17.6 Å². The predicted molar refractivity (Wildman–Crippen MR) is 72.7 cm³/mol. The Bertz CT molecular complexity index is 620. The molecule has 0 radical (unpaired) electrons. The summed E-state index contributed by atoms with van der Waals surface area (Å²) < 4.78 is 4.69. The SMILES string of the molecule is Cc1cc(C(=O)NCc2ccon2)sc1C#CCN. The fourth-order valence-corrected chi connectivity index (χ4v) is 2.40. The number of hydrogen-bond donors (Lipinski definition) is 2. The van der Waals surface area contributed by atoms with Crippen molar-refractivity contribution in [2.75, 3.05) is 6.54 Å². The number of rotatable bonds is 3. The van der Waals surface area contributed by atoms with Crippen LogP contribution in [0, 0.1) is 18.8 Å². The molecule has 2 aromatic heterocycles. The van der Waals surface area contributed by atoms with Gasteiger partial charge in [0.05, 0.1) is 22.8 Å². The third kappa shape index (κ3) is 3.44. The molecule has 2 aromatic rings. The van der Waals surface area contributed by atoms with E-state index < -0.39 is 0 Å². The zero-order valence-electron chi connectivity index (χ0n) is 10.4.